The Morgan fingerprint density at radius 2 is 2.00 bits per heavy atom. The fourth-order valence-electron chi connectivity index (χ4n) is 2.88. The van der Waals surface area contributed by atoms with E-state index >= 15 is 0 Å². The summed E-state index contributed by atoms with van der Waals surface area (Å²) in [5.41, 5.74) is 2.91. The van der Waals surface area contributed by atoms with Gasteiger partial charge in [-0.15, -0.1) is 0 Å². The van der Waals surface area contributed by atoms with Gasteiger partial charge >= 0.3 is 0 Å². The maximum Gasteiger partial charge on any atom is 0.268 e. The minimum absolute atomic E-state index is 0.0317. The maximum absolute atomic E-state index is 12.2. The first-order valence-electron chi connectivity index (χ1n) is 7.97. The Balaban J connectivity index is 1.68. The second-order valence-corrected chi connectivity index (χ2v) is 5.84. The van der Waals surface area contributed by atoms with Crippen molar-refractivity contribution in [3.05, 3.63) is 52.2 Å². The predicted octanol–water partition coefficient (Wildman–Crippen LogP) is 2.18. The Morgan fingerprint density at radius 1 is 1.18 bits per heavy atom. The zero-order valence-corrected chi connectivity index (χ0v) is 13.0. The summed E-state index contributed by atoms with van der Waals surface area (Å²) < 4.78 is 1.53. The van der Waals surface area contributed by atoms with Crippen molar-refractivity contribution in [2.45, 2.75) is 39.2 Å². The summed E-state index contributed by atoms with van der Waals surface area (Å²) in [5.74, 6) is 0. The van der Waals surface area contributed by atoms with E-state index in [4.69, 9.17) is 0 Å². The molecule has 2 aromatic rings. The molecule has 5 heteroatoms. The standard InChI is InChI=1S/C17H22N4O/c1-14-6-5-7-15(19-14)8-11-21-17(22)12-16(13-18-21)20-9-3-2-4-10-20/h5-7,12-13H,2-4,8-11H2,1H3. The second-order valence-electron chi connectivity index (χ2n) is 5.84. The Hall–Kier alpha value is -2.17. The Morgan fingerprint density at radius 3 is 2.73 bits per heavy atom. The number of aryl methyl sites for hydroxylation is 3. The molecule has 3 rings (SSSR count). The van der Waals surface area contributed by atoms with Gasteiger partial charge in [-0.2, -0.15) is 5.10 Å². The molecule has 3 heterocycles. The Labute approximate surface area is 130 Å². The van der Waals surface area contributed by atoms with E-state index in [1.165, 1.54) is 23.9 Å². The van der Waals surface area contributed by atoms with Crippen molar-refractivity contribution in [1.29, 1.82) is 0 Å². The molecule has 0 saturated carbocycles. The van der Waals surface area contributed by atoms with Crippen LogP contribution < -0.4 is 10.5 Å². The fraction of sp³-hybridized carbons (Fsp3) is 0.471. The molecule has 0 spiro atoms. The molecule has 0 N–H and O–H groups in total. The van der Waals surface area contributed by atoms with Crippen LogP contribution in [-0.4, -0.2) is 27.9 Å². The van der Waals surface area contributed by atoms with Gasteiger partial charge in [-0.05, 0) is 38.3 Å². The van der Waals surface area contributed by atoms with Crippen LogP contribution in [0.15, 0.2) is 35.3 Å². The number of aromatic nitrogens is 3. The van der Waals surface area contributed by atoms with Crippen LogP contribution in [0.2, 0.25) is 0 Å². The number of hydrogen-bond acceptors (Lipinski definition) is 4. The third-order valence-corrected chi connectivity index (χ3v) is 4.10. The van der Waals surface area contributed by atoms with Crippen molar-refractivity contribution in [1.82, 2.24) is 14.8 Å². The molecule has 1 fully saturated rings. The Bertz CT molecular complexity index is 689. The molecule has 5 nitrogen and oxygen atoms in total. The molecule has 1 aliphatic rings. The maximum atomic E-state index is 12.2. The van der Waals surface area contributed by atoms with Crippen LogP contribution in [0.1, 0.15) is 30.7 Å². The lowest BCUT2D eigenvalue weighted by Crippen LogP contribution is -2.32. The molecule has 2 aromatic heterocycles. The van der Waals surface area contributed by atoms with Gasteiger partial charge in [-0.3, -0.25) is 9.78 Å². The average Bonchev–Trinajstić information content (AvgIpc) is 2.54. The summed E-state index contributed by atoms with van der Waals surface area (Å²) in [6, 6.07) is 7.66. The number of pyridine rings is 1. The predicted molar refractivity (Wildman–Crippen MR) is 87.2 cm³/mol. The topological polar surface area (TPSA) is 51.0 Å². The molecule has 0 amide bonds. The van der Waals surface area contributed by atoms with E-state index < -0.39 is 0 Å². The van der Waals surface area contributed by atoms with Crippen molar-refractivity contribution in [2.75, 3.05) is 18.0 Å². The number of nitrogens with zero attached hydrogens (tertiary/aromatic N) is 4. The van der Waals surface area contributed by atoms with Gasteiger partial charge in [0, 0.05) is 37.0 Å². The van der Waals surface area contributed by atoms with Gasteiger partial charge in [0.25, 0.3) is 5.56 Å². The highest BCUT2D eigenvalue weighted by atomic mass is 16.1. The van der Waals surface area contributed by atoms with E-state index in [0.717, 1.165) is 36.6 Å². The molecule has 0 unspecified atom stereocenters. The number of hydrogen-bond donors (Lipinski definition) is 0. The van der Waals surface area contributed by atoms with Gasteiger partial charge < -0.3 is 4.90 Å². The highest BCUT2D eigenvalue weighted by Crippen LogP contribution is 2.16. The highest BCUT2D eigenvalue weighted by Gasteiger charge is 2.12. The summed E-state index contributed by atoms with van der Waals surface area (Å²) in [6.45, 7) is 4.59. The number of anilines is 1. The van der Waals surface area contributed by atoms with Crippen LogP contribution in [0.3, 0.4) is 0 Å². The third kappa shape index (κ3) is 3.53. The lowest BCUT2D eigenvalue weighted by atomic mass is 10.1. The van der Waals surface area contributed by atoms with Gasteiger partial charge in [0.2, 0.25) is 0 Å². The van der Waals surface area contributed by atoms with Gasteiger partial charge in [0.15, 0.2) is 0 Å². The zero-order valence-electron chi connectivity index (χ0n) is 13.0. The molecular weight excluding hydrogens is 276 g/mol. The molecule has 1 saturated heterocycles. The fourth-order valence-corrected chi connectivity index (χ4v) is 2.88. The molecule has 0 atom stereocenters. The van der Waals surface area contributed by atoms with Gasteiger partial charge in [0.05, 0.1) is 18.4 Å². The van der Waals surface area contributed by atoms with Crippen molar-refractivity contribution >= 4 is 5.69 Å². The van der Waals surface area contributed by atoms with Crippen molar-refractivity contribution in [3.63, 3.8) is 0 Å². The molecule has 22 heavy (non-hydrogen) atoms. The van der Waals surface area contributed by atoms with Crippen LogP contribution in [0.25, 0.3) is 0 Å². The summed E-state index contributed by atoms with van der Waals surface area (Å²) >= 11 is 0. The van der Waals surface area contributed by atoms with Gasteiger partial charge in [-0.1, -0.05) is 6.07 Å². The molecule has 0 aromatic carbocycles. The van der Waals surface area contributed by atoms with Gasteiger partial charge in [0.1, 0.15) is 0 Å². The molecule has 0 bridgehead atoms. The highest BCUT2D eigenvalue weighted by molar-refractivity contribution is 5.43. The zero-order chi connectivity index (χ0) is 15.4. The van der Waals surface area contributed by atoms with Crippen LogP contribution in [-0.2, 0) is 13.0 Å². The summed E-state index contributed by atoms with van der Waals surface area (Å²) in [7, 11) is 0. The smallest absolute Gasteiger partial charge is 0.268 e. The normalized spacial score (nSPS) is 15.0. The molecule has 1 aliphatic heterocycles. The monoisotopic (exact) mass is 298 g/mol. The van der Waals surface area contributed by atoms with Crippen molar-refractivity contribution in [3.8, 4) is 0 Å². The van der Waals surface area contributed by atoms with E-state index in [-0.39, 0.29) is 5.56 Å². The second kappa shape index (κ2) is 6.73. The van der Waals surface area contributed by atoms with Gasteiger partial charge in [-0.25, -0.2) is 4.68 Å². The lowest BCUT2D eigenvalue weighted by molar-refractivity contribution is 0.557. The van der Waals surface area contributed by atoms with E-state index in [2.05, 4.69) is 15.0 Å². The average molecular weight is 298 g/mol. The van der Waals surface area contributed by atoms with E-state index in [1.807, 2.05) is 31.3 Å². The van der Waals surface area contributed by atoms with Crippen molar-refractivity contribution in [2.24, 2.45) is 0 Å². The first-order chi connectivity index (χ1) is 10.7. The summed E-state index contributed by atoms with van der Waals surface area (Å²) in [6.07, 6.45) is 6.21. The van der Waals surface area contributed by atoms with Crippen LogP contribution in [0.4, 0.5) is 5.69 Å². The van der Waals surface area contributed by atoms with E-state index in [0.29, 0.717) is 6.54 Å². The lowest BCUT2D eigenvalue weighted by Gasteiger charge is -2.28. The summed E-state index contributed by atoms with van der Waals surface area (Å²) in [5, 5.41) is 4.33. The van der Waals surface area contributed by atoms with Crippen LogP contribution in [0, 0.1) is 6.92 Å². The SMILES string of the molecule is Cc1cccc(CCn2ncc(N3CCCCC3)cc2=O)n1. The first-order valence-corrected chi connectivity index (χ1v) is 7.97. The van der Waals surface area contributed by atoms with E-state index in [1.54, 1.807) is 6.07 Å². The number of rotatable bonds is 4. The molecule has 0 aliphatic carbocycles. The minimum Gasteiger partial charge on any atom is -0.370 e. The van der Waals surface area contributed by atoms with Crippen LogP contribution in [0.5, 0.6) is 0 Å². The molecule has 0 radical (unpaired) electrons. The molecule has 116 valence electrons. The van der Waals surface area contributed by atoms with E-state index in [9.17, 15) is 4.79 Å². The Kier molecular flexibility index (Phi) is 4.51. The largest absolute Gasteiger partial charge is 0.370 e. The number of piperidine rings is 1. The quantitative estimate of drug-likeness (QED) is 0.868. The minimum atomic E-state index is -0.0317. The van der Waals surface area contributed by atoms with Crippen molar-refractivity contribution < 1.29 is 0 Å². The molecular formula is C17H22N4O. The first kappa shape index (κ1) is 14.8. The van der Waals surface area contributed by atoms with Crippen LogP contribution >= 0.6 is 0 Å². The summed E-state index contributed by atoms with van der Waals surface area (Å²) in [4.78, 5) is 18.9. The third-order valence-electron chi connectivity index (χ3n) is 4.10.